The van der Waals surface area contributed by atoms with Gasteiger partial charge in [0.2, 0.25) is 0 Å². The maximum absolute atomic E-state index is 5.93. The summed E-state index contributed by atoms with van der Waals surface area (Å²) in [5.41, 5.74) is 1.25. The van der Waals surface area contributed by atoms with Crippen LogP contribution in [0.15, 0.2) is 24.3 Å². The predicted molar refractivity (Wildman–Crippen MR) is 86.8 cm³/mol. The lowest BCUT2D eigenvalue weighted by molar-refractivity contribution is 0.0613. The Bertz CT molecular complexity index is 425. The van der Waals surface area contributed by atoms with Crippen molar-refractivity contribution in [2.75, 3.05) is 7.11 Å². The fraction of sp³-hybridized carbons (Fsp3) is 0.667. The van der Waals surface area contributed by atoms with Crippen molar-refractivity contribution in [3.8, 4) is 5.75 Å². The number of benzene rings is 1. The molecule has 21 heavy (non-hydrogen) atoms. The minimum absolute atomic E-state index is 0.204. The molecule has 0 aromatic heterocycles. The molecule has 1 aliphatic rings. The van der Waals surface area contributed by atoms with Gasteiger partial charge in [0.1, 0.15) is 5.75 Å². The van der Waals surface area contributed by atoms with E-state index in [1.165, 1.54) is 18.4 Å². The van der Waals surface area contributed by atoms with Crippen LogP contribution in [0.3, 0.4) is 0 Å². The van der Waals surface area contributed by atoms with E-state index in [0.717, 1.165) is 18.6 Å². The van der Waals surface area contributed by atoms with Crippen LogP contribution in [0, 0.1) is 0 Å². The predicted octanol–water partition coefficient (Wildman–Crippen LogP) is 4.08. The summed E-state index contributed by atoms with van der Waals surface area (Å²) in [6.45, 7) is 6.37. The van der Waals surface area contributed by atoms with E-state index in [4.69, 9.17) is 9.47 Å². The van der Waals surface area contributed by atoms with Crippen molar-refractivity contribution < 1.29 is 9.47 Å². The van der Waals surface area contributed by atoms with Crippen LogP contribution in [0.4, 0.5) is 0 Å². The molecule has 3 nitrogen and oxygen atoms in total. The summed E-state index contributed by atoms with van der Waals surface area (Å²) in [6.07, 6.45) is 5.35. The summed E-state index contributed by atoms with van der Waals surface area (Å²) in [5, 5.41) is 3.76. The molecule has 1 aromatic carbocycles. The first kappa shape index (κ1) is 16.3. The Morgan fingerprint density at radius 3 is 2.33 bits per heavy atom. The van der Waals surface area contributed by atoms with Gasteiger partial charge in [0.05, 0.1) is 12.2 Å². The van der Waals surface area contributed by atoms with E-state index >= 15 is 0 Å². The Morgan fingerprint density at radius 1 is 1.05 bits per heavy atom. The van der Waals surface area contributed by atoms with Crippen LogP contribution >= 0.6 is 0 Å². The van der Waals surface area contributed by atoms with Gasteiger partial charge in [-0.15, -0.1) is 0 Å². The number of para-hydroxylation sites is 1. The molecule has 0 saturated heterocycles. The molecule has 1 saturated carbocycles. The Kier molecular flexibility index (Phi) is 6.07. The smallest absolute Gasteiger partial charge is 0.124 e. The minimum atomic E-state index is 0.204. The molecule has 0 bridgehead atoms. The average Bonchev–Trinajstić information content (AvgIpc) is 2.48. The van der Waals surface area contributed by atoms with E-state index in [2.05, 4.69) is 44.3 Å². The zero-order chi connectivity index (χ0) is 15.2. The van der Waals surface area contributed by atoms with Crippen molar-refractivity contribution in [3.05, 3.63) is 29.8 Å². The van der Waals surface area contributed by atoms with Gasteiger partial charge < -0.3 is 14.8 Å². The number of rotatable bonds is 6. The highest BCUT2D eigenvalue weighted by atomic mass is 16.5. The Morgan fingerprint density at radius 2 is 1.71 bits per heavy atom. The lowest BCUT2D eigenvalue weighted by Crippen LogP contribution is -2.36. The third kappa shape index (κ3) is 4.72. The molecule has 2 rings (SSSR count). The van der Waals surface area contributed by atoms with E-state index < -0.39 is 0 Å². The van der Waals surface area contributed by atoms with Gasteiger partial charge in [-0.1, -0.05) is 18.2 Å². The molecule has 1 fully saturated rings. The summed E-state index contributed by atoms with van der Waals surface area (Å²) in [6, 6.07) is 9.24. The van der Waals surface area contributed by atoms with Crippen LogP contribution in [0.25, 0.3) is 0 Å². The zero-order valence-electron chi connectivity index (χ0n) is 13.8. The maximum atomic E-state index is 5.93. The molecule has 0 spiro atoms. The molecule has 0 amide bonds. The fourth-order valence-electron chi connectivity index (χ4n) is 3.11. The highest BCUT2D eigenvalue weighted by Crippen LogP contribution is 2.28. The molecule has 1 unspecified atom stereocenters. The summed E-state index contributed by atoms with van der Waals surface area (Å²) in [4.78, 5) is 0. The van der Waals surface area contributed by atoms with Gasteiger partial charge in [0, 0.05) is 24.8 Å². The molecule has 0 radical (unpaired) electrons. The number of nitrogens with one attached hydrogen (secondary N) is 1. The number of hydrogen-bond donors (Lipinski definition) is 1. The molecular formula is C18H29NO2. The Hall–Kier alpha value is -1.06. The van der Waals surface area contributed by atoms with E-state index in [1.54, 1.807) is 0 Å². The monoisotopic (exact) mass is 291 g/mol. The van der Waals surface area contributed by atoms with Crippen molar-refractivity contribution in [2.45, 2.75) is 70.7 Å². The van der Waals surface area contributed by atoms with Gasteiger partial charge in [0.15, 0.2) is 0 Å². The van der Waals surface area contributed by atoms with E-state index in [1.807, 2.05) is 13.2 Å². The zero-order valence-corrected chi connectivity index (χ0v) is 13.8. The van der Waals surface area contributed by atoms with Gasteiger partial charge in [0.25, 0.3) is 0 Å². The van der Waals surface area contributed by atoms with Crippen molar-refractivity contribution in [2.24, 2.45) is 0 Å². The van der Waals surface area contributed by atoms with Crippen molar-refractivity contribution in [1.29, 1.82) is 0 Å². The first-order valence-corrected chi connectivity index (χ1v) is 8.14. The largest absolute Gasteiger partial charge is 0.491 e. The molecule has 1 aliphatic carbocycles. The average molecular weight is 291 g/mol. The minimum Gasteiger partial charge on any atom is -0.491 e. The molecule has 0 heterocycles. The van der Waals surface area contributed by atoms with Crippen LogP contribution in [0.5, 0.6) is 5.75 Å². The SMILES string of the molecule is COC1CCC(NC(C)c2ccccc2OC(C)C)CC1. The molecule has 1 N–H and O–H groups in total. The fourth-order valence-corrected chi connectivity index (χ4v) is 3.11. The maximum Gasteiger partial charge on any atom is 0.124 e. The second kappa shape index (κ2) is 7.81. The van der Waals surface area contributed by atoms with Gasteiger partial charge in [-0.2, -0.15) is 0 Å². The molecule has 118 valence electrons. The summed E-state index contributed by atoms with van der Waals surface area (Å²) in [5.74, 6) is 0.998. The van der Waals surface area contributed by atoms with Crippen LogP contribution < -0.4 is 10.1 Å². The third-order valence-corrected chi connectivity index (χ3v) is 4.24. The second-order valence-electron chi connectivity index (χ2n) is 6.30. The second-order valence-corrected chi connectivity index (χ2v) is 6.30. The molecular weight excluding hydrogens is 262 g/mol. The molecule has 1 atom stereocenters. The van der Waals surface area contributed by atoms with Gasteiger partial charge in [-0.25, -0.2) is 0 Å². The normalized spacial score (nSPS) is 24.0. The summed E-state index contributed by atoms with van der Waals surface area (Å²) in [7, 11) is 1.82. The summed E-state index contributed by atoms with van der Waals surface area (Å²) >= 11 is 0. The Labute approximate surface area is 129 Å². The van der Waals surface area contributed by atoms with Crippen LogP contribution in [0.2, 0.25) is 0 Å². The van der Waals surface area contributed by atoms with E-state index in [-0.39, 0.29) is 6.10 Å². The number of hydrogen-bond acceptors (Lipinski definition) is 3. The van der Waals surface area contributed by atoms with Gasteiger partial charge >= 0.3 is 0 Å². The van der Waals surface area contributed by atoms with Crippen molar-refractivity contribution in [1.82, 2.24) is 5.32 Å². The Balaban J connectivity index is 1.95. The number of methoxy groups -OCH3 is 1. The topological polar surface area (TPSA) is 30.5 Å². The molecule has 0 aliphatic heterocycles. The van der Waals surface area contributed by atoms with E-state index in [0.29, 0.717) is 18.2 Å². The number of ether oxygens (including phenoxy) is 2. The third-order valence-electron chi connectivity index (χ3n) is 4.24. The van der Waals surface area contributed by atoms with E-state index in [9.17, 15) is 0 Å². The van der Waals surface area contributed by atoms with Crippen LogP contribution in [-0.4, -0.2) is 25.4 Å². The highest BCUT2D eigenvalue weighted by molar-refractivity contribution is 5.35. The standard InChI is InChI=1S/C18H29NO2/c1-13(2)21-18-8-6-5-7-17(18)14(3)19-15-9-11-16(20-4)12-10-15/h5-8,13-16,19H,9-12H2,1-4H3. The molecule has 1 aromatic rings. The van der Waals surface area contributed by atoms with Crippen LogP contribution in [0.1, 0.15) is 58.1 Å². The lowest BCUT2D eigenvalue weighted by atomic mass is 9.92. The first-order valence-electron chi connectivity index (χ1n) is 8.14. The van der Waals surface area contributed by atoms with Gasteiger partial charge in [-0.3, -0.25) is 0 Å². The summed E-state index contributed by atoms with van der Waals surface area (Å²) < 4.78 is 11.4. The first-order chi connectivity index (χ1) is 10.1. The van der Waals surface area contributed by atoms with Crippen LogP contribution in [-0.2, 0) is 4.74 Å². The van der Waals surface area contributed by atoms with Gasteiger partial charge in [-0.05, 0) is 52.5 Å². The quantitative estimate of drug-likeness (QED) is 0.856. The molecule has 3 heteroatoms. The van der Waals surface area contributed by atoms with Crippen molar-refractivity contribution in [3.63, 3.8) is 0 Å². The lowest BCUT2D eigenvalue weighted by Gasteiger charge is -2.31. The van der Waals surface area contributed by atoms with Crippen molar-refractivity contribution >= 4 is 0 Å². The highest BCUT2D eigenvalue weighted by Gasteiger charge is 2.23.